The molecule has 0 bridgehead atoms. The topological polar surface area (TPSA) is 15.6 Å². The number of aliphatic imine (C=N–C) groups is 1. The Morgan fingerprint density at radius 2 is 1.56 bits per heavy atom. The second-order valence-corrected chi connectivity index (χ2v) is 6.36. The summed E-state index contributed by atoms with van der Waals surface area (Å²) in [6, 6.07) is 17.0. The Hall–Kier alpha value is -2.87. The first-order valence-corrected chi connectivity index (χ1v) is 9.58. The van der Waals surface area contributed by atoms with Crippen LogP contribution in [0.1, 0.15) is 36.1 Å². The molecule has 0 N–H and O–H groups in total. The molecule has 0 amide bonds. The molecule has 0 spiro atoms. The van der Waals surface area contributed by atoms with Gasteiger partial charge in [0.15, 0.2) is 0 Å². The van der Waals surface area contributed by atoms with E-state index in [-0.39, 0.29) is 0 Å². The molecule has 2 heteroatoms. The molecule has 2 nitrogen and oxygen atoms in total. The number of hydrogen-bond acceptors (Lipinski definition) is 2. The van der Waals surface area contributed by atoms with Crippen molar-refractivity contribution in [2.45, 2.75) is 34.2 Å². The Kier molecular flexibility index (Phi) is 7.81. The lowest BCUT2D eigenvalue weighted by molar-refractivity contribution is 0.497. The molecule has 1 heterocycles. The van der Waals surface area contributed by atoms with E-state index in [0.29, 0.717) is 0 Å². The molecular weight excluding hydrogens is 328 g/mol. The van der Waals surface area contributed by atoms with E-state index >= 15 is 0 Å². The van der Waals surface area contributed by atoms with Crippen LogP contribution in [0.2, 0.25) is 0 Å². The van der Waals surface area contributed by atoms with E-state index in [2.05, 4.69) is 103 Å². The van der Waals surface area contributed by atoms with E-state index in [1.807, 2.05) is 20.9 Å². The number of rotatable bonds is 4. The standard InChI is InChI=1S/C23H24N2.C2H6/c1-18-8-10-21(11-9-18)17-25-14-12-20(13-15-25)16-23(24-3)22-7-5-4-6-19(22)2;1-2/h4-16H,17H2,1-3H3;1-2H3. The van der Waals surface area contributed by atoms with E-state index in [1.54, 1.807) is 0 Å². The van der Waals surface area contributed by atoms with E-state index in [4.69, 9.17) is 0 Å². The molecule has 0 radical (unpaired) electrons. The van der Waals surface area contributed by atoms with Crippen molar-refractivity contribution in [2.75, 3.05) is 7.05 Å². The molecule has 1 aliphatic heterocycles. The molecule has 3 rings (SSSR count). The second-order valence-electron chi connectivity index (χ2n) is 6.36. The van der Waals surface area contributed by atoms with Crippen LogP contribution in [-0.4, -0.2) is 17.7 Å². The van der Waals surface area contributed by atoms with Gasteiger partial charge in [-0.25, -0.2) is 0 Å². The summed E-state index contributed by atoms with van der Waals surface area (Å²) >= 11 is 0. The van der Waals surface area contributed by atoms with Gasteiger partial charge in [-0.2, -0.15) is 0 Å². The fraction of sp³-hybridized carbons (Fsp3) is 0.240. The van der Waals surface area contributed by atoms with Crippen LogP contribution in [0.3, 0.4) is 0 Å². The molecule has 0 aliphatic carbocycles. The predicted molar refractivity (Wildman–Crippen MR) is 118 cm³/mol. The minimum atomic E-state index is 0.882. The summed E-state index contributed by atoms with van der Waals surface area (Å²) in [5.74, 6) is 0. The van der Waals surface area contributed by atoms with Crippen molar-refractivity contribution in [3.8, 4) is 0 Å². The van der Waals surface area contributed by atoms with Gasteiger partial charge in [-0.05, 0) is 48.8 Å². The van der Waals surface area contributed by atoms with Gasteiger partial charge >= 0.3 is 0 Å². The highest BCUT2D eigenvalue weighted by Gasteiger charge is 2.06. The Balaban J connectivity index is 0.00000126. The van der Waals surface area contributed by atoms with Crippen LogP contribution in [0.4, 0.5) is 0 Å². The van der Waals surface area contributed by atoms with E-state index in [9.17, 15) is 0 Å². The van der Waals surface area contributed by atoms with Crippen molar-refractivity contribution in [1.82, 2.24) is 4.90 Å². The molecule has 2 aromatic rings. The van der Waals surface area contributed by atoms with Gasteiger partial charge in [0.05, 0.1) is 5.71 Å². The molecule has 27 heavy (non-hydrogen) atoms. The summed E-state index contributed by atoms with van der Waals surface area (Å²) in [6.45, 7) is 9.12. The normalized spacial score (nSPS) is 13.3. The molecule has 0 aromatic heterocycles. The highest BCUT2D eigenvalue weighted by atomic mass is 15.1. The second kappa shape index (κ2) is 10.3. The number of nitrogens with zero attached hydrogens (tertiary/aromatic N) is 2. The molecule has 0 fully saturated rings. The van der Waals surface area contributed by atoms with Crippen molar-refractivity contribution in [1.29, 1.82) is 0 Å². The van der Waals surface area contributed by atoms with Crippen LogP contribution in [0.5, 0.6) is 0 Å². The summed E-state index contributed by atoms with van der Waals surface area (Å²) in [5, 5.41) is 0. The van der Waals surface area contributed by atoms with E-state index in [0.717, 1.165) is 17.8 Å². The quantitative estimate of drug-likeness (QED) is 0.593. The molecule has 0 saturated carbocycles. The summed E-state index contributed by atoms with van der Waals surface area (Å²) in [7, 11) is 1.85. The first-order valence-electron chi connectivity index (χ1n) is 9.58. The fourth-order valence-electron chi connectivity index (χ4n) is 2.86. The van der Waals surface area contributed by atoms with Gasteiger partial charge in [-0.15, -0.1) is 0 Å². The largest absolute Gasteiger partial charge is 0.350 e. The van der Waals surface area contributed by atoms with Crippen LogP contribution in [0.15, 0.2) is 89.7 Å². The monoisotopic (exact) mass is 358 g/mol. The van der Waals surface area contributed by atoms with Crippen molar-refractivity contribution in [3.05, 3.63) is 107 Å². The zero-order valence-electron chi connectivity index (χ0n) is 17.1. The number of benzene rings is 2. The van der Waals surface area contributed by atoms with Crippen LogP contribution in [0, 0.1) is 13.8 Å². The van der Waals surface area contributed by atoms with Crippen LogP contribution in [0.25, 0.3) is 0 Å². The molecule has 2 aromatic carbocycles. The summed E-state index contributed by atoms with van der Waals surface area (Å²) in [5.41, 5.74) is 7.19. The third-order valence-corrected chi connectivity index (χ3v) is 4.37. The van der Waals surface area contributed by atoms with Crippen LogP contribution >= 0.6 is 0 Å². The summed E-state index contributed by atoms with van der Waals surface area (Å²) in [4.78, 5) is 6.66. The van der Waals surface area contributed by atoms with Crippen LogP contribution in [-0.2, 0) is 6.54 Å². The Bertz CT molecular complexity index is 836. The summed E-state index contributed by atoms with van der Waals surface area (Å²) in [6.07, 6.45) is 10.7. The smallest absolute Gasteiger partial charge is 0.0651 e. The van der Waals surface area contributed by atoms with Crippen molar-refractivity contribution >= 4 is 5.71 Å². The highest BCUT2D eigenvalue weighted by molar-refractivity contribution is 6.10. The first kappa shape index (κ1) is 20.4. The fourth-order valence-corrected chi connectivity index (χ4v) is 2.86. The SMILES string of the molecule is CC.CN=C(C=C1C=CN(Cc2ccc(C)cc2)C=C1)c1ccccc1C. The molecule has 1 aliphatic rings. The highest BCUT2D eigenvalue weighted by Crippen LogP contribution is 2.16. The van der Waals surface area contributed by atoms with Gasteiger partial charge in [0.1, 0.15) is 0 Å². The van der Waals surface area contributed by atoms with Gasteiger partial charge in [0.2, 0.25) is 0 Å². The molecule has 0 atom stereocenters. The average molecular weight is 359 g/mol. The third-order valence-electron chi connectivity index (χ3n) is 4.37. The van der Waals surface area contributed by atoms with Gasteiger partial charge in [-0.3, -0.25) is 4.99 Å². The van der Waals surface area contributed by atoms with Crippen molar-refractivity contribution in [3.63, 3.8) is 0 Å². The zero-order valence-corrected chi connectivity index (χ0v) is 17.1. The molecule has 0 saturated heterocycles. The maximum Gasteiger partial charge on any atom is 0.0651 e. The van der Waals surface area contributed by atoms with Gasteiger partial charge in [0, 0.05) is 31.6 Å². The number of allylic oxidation sites excluding steroid dienone is 4. The molecular formula is C25H30N2. The maximum absolute atomic E-state index is 4.47. The minimum absolute atomic E-state index is 0.882. The maximum atomic E-state index is 4.47. The molecule has 0 unspecified atom stereocenters. The van der Waals surface area contributed by atoms with Crippen LogP contribution < -0.4 is 0 Å². The average Bonchev–Trinajstić information content (AvgIpc) is 2.71. The lowest BCUT2D eigenvalue weighted by Crippen LogP contribution is -2.11. The molecule has 140 valence electrons. The Labute approximate surface area is 164 Å². The van der Waals surface area contributed by atoms with E-state index < -0.39 is 0 Å². The van der Waals surface area contributed by atoms with Gasteiger partial charge < -0.3 is 4.90 Å². The number of aryl methyl sites for hydroxylation is 2. The predicted octanol–water partition coefficient (Wildman–Crippen LogP) is 6.22. The third kappa shape index (κ3) is 5.82. The summed E-state index contributed by atoms with van der Waals surface area (Å²) < 4.78 is 0. The van der Waals surface area contributed by atoms with Crippen molar-refractivity contribution < 1.29 is 0 Å². The zero-order chi connectivity index (χ0) is 19.6. The van der Waals surface area contributed by atoms with E-state index in [1.165, 1.54) is 22.3 Å². The lowest BCUT2D eigenvalue weighted by atomic mass is 10.0. The Morgan fingerprint density at radius 1 is 0.926 bits per heavy atom. The van der Waals surface area contributed by atoms with Crippen molar-refractivity contribution in [2.24, 2.45) is 4.99 Å². The van der Waals surface area contributed by atoms with Gasteiger partial charge in [-0.1, -0.05) is 67.9 Å². The minimum Gasteiger partial charge on any atom is -0.350 e. The van der Waals surface area contributed by atoms with Gasteiger partial charge in [0.25, 0.3) is 0 Å². The lowest BCUT2D eigenvalue weighted by Gasteiger charge is -2.19. The number of hydrogen-bond donors (Lipinski definition) is 0. The first-order chi connectivity index (χ1) is 13.2. The Morgan fingerprint density at radius 3 is 2.15 bits per heavy atom.